The summed E-state index contributed by atoms with van der Waals surface area (Å²) in [7, 11) is 6.17. The number of pyridine rings is 2. The second-order valence-electron chi connectivity index (χ2n) is 16.4. The quantitative estimate of drug-likeness (QED) is 0.0627. The molecule has 0 atom stereocenters. The molecule has 4 aromatic heterocycles. The number of amides is 1. The number of likely N-dealkylation sites (N-methyl/N-ethyl adjacent to an activating group) is 2. The van der Waals surface area contributed by atoms with Crippen molar-refractivity contribution in [3.63, 3.8) is 0 Å². The Morgan fingerprint density at radius 2 is 1.13 bits per heavy atom. The lowest BCUT2D eigenvalue weighted by atomic mass is 10.1. The van der Waals surface area contributed by atoms with Gasteiger partial charge in [0, 0.05) is 69.1 Å². The molecule has 392 valence electrons. The highest BCUT2D eigenvalue weighted by Crippen LogP contribution is 2.31. The molecule has 0 spiro atoms. The van der Waals surface area contributed by atoms with Gasteiger partial charge in [-0.15, -0.1) is 0 Å². The van der Waals surface area contributed by atoms with Crippen molar-refractivity contribution >= 4 is 35.1 Å². The maximum atomic E-state index is 12.6. The van der Waals surface area contributed by atoms with Crippen molar-refractivity contribution in [1.29, 1.82) is 10.5 Å². The number of rotatable bonds is 18. The summed E-state index contributed by atoms with van der Waals surface area (Å²) >= 11 is 0. The van der Waals surface area contributed by atoms with Crippen molar-refractivity contribution < 1.29 is 53.3 Å². The molecule has 0 saturated carbocycles. The van der Waals surface area contributed by atoms with Crippen LogP contribution in [-0.4, -0.2) is 155 Å². The van der Waals surface area contributed by atoms with Gasteiger partial charge < -0.3 is 64.6 Å². The Labute approximate surface area is 433 Å². The number of methoxy groups -OCH3 is 2. The van der Waals surface area contributed by atoms with Gasteiger partial charge in [-0.05, 0) is 67.7 Å². The number of nitrogens with one attached hydrogen (secondary N) is 3. The number of aromatic carboxylic acids is 1. The topological polar surface area (TPSA) is 314 Å². The number of aromatic nitrogens is 6. The van der Waals surface area contributed by atoms with Gasteiger partial charge >= 0.3 is 5.97 Å². The number of ether oxygens (including phenoxy) is 6. The minimum atomic E-state index is -1.13. The van der Waals surface area contributed by atoms with Gasteiger partial charge in [-0.1, -0.05) is 0 Å². The van der Waals surface area contributed by atoms with Crippen LogP contribution in [0.3, 0.4) is 0 Å². The zero-order valence-electron chi connectivity index (χ0n) is 41.9. The molecule has 23 nitrogen and oxygen atoms in total. The second-order valence-corrected chi connectivity index (χ2v) is 16.4. The number of anilines is 4. The molecule has 6 N–H and O–H groups in total. The predicted octanol–water partition coefficient (Wildman–Crippen LogP) is 5.40. The molecule has 2 aliphatic rings. The third kappa shape index (κ3) is 16.0. The van der Waals surface area contributed by atoms with E-state index in [0.29, 0.717) is 90.3 Å². The van der Waals surface area contributed by atoms with E-state index in [1.807, 2.05) is 12.1 Å². The maximum Gasteiger partial charge on any atom is 0.341 e. The third-order valence-corrected chi connectivity index (χ3v) is 11.3. The molecule has 2 aliphatic heterocycles. The molecule has 2 saturated heterocycles. The van der Waals surface area contributed by atoms with Crippen molar-refractivity contribution in [2.75, 3.05) is 91.7 Å². The summed E-state index contributed by atoms with van der Waals surface area (Å²) in [5.74, 6) is 1.46. The fourth-order valence-electron chi connectivity index (χ4n) is 7.36. The molecule has 75 heavy (non-hydrogen) atoms. The van der Waals surface area contributed by atoms with E-state index in [0.717, 1.165) is 36.8 Å². The fourth-order valence-corrected chi connectivity index (χ4v) is 7.36. The average Bonchev–Trinajstić information content (AvgIpc) is 3.44. The molecule has 2 fully saturated rings. The van der Waals surface area contributed by atoms with E-state index in [-0.39, 0.29) is 60.8 Å². The van der Waals surface area contributed by atoms with Crippen LogP contribution < -0.4 is 34.9 Å². The Kier molecular flexibility index (Phi) is 21.3. The molecule has 6 aromatic rings. The number of nitriles is 2. The summed E-state index contributed by atoms with van der Waals surface area (Å²) in [6, 6.07) is 24.7. The van der Waals surface area contributed by atoms with Crippen molar-refractivity contribution in [3.8, 4) is 57.9 Å². The first kappa shape index (κ1) is 55.7. The van der Waals surface area contributed by atoms with Gasteiger partial charge in [0.15, 0.2) is 0 Å². The van der Waals surface area contributed by atoms with Crippen molar-refractivity contribution in [3.05, 3.63) is 108 Å². The van der Waals surface area contributed by atoms with Crippen LogP contribution in [0.15, 0.2) is 85.5 Å². The molecular weight excluding hydrogens is 969 g/mol. The molecule has 0 aliphatic carbocycles. The summed E-state index contributed by atoms with van der Waals surface area (Å²) in [5.41, 5.74) is 3.74. The highest BCUT2D eigenvalue weighted by atomic mass is 16.5. The number of hydrogen-bond acceptors (Lipinski definition) is 21. The minimum Gasteiger partial charge on any atom is -0.489 e. The van der Waals surface area contributed by atoms with Crippen LogP contribution in [-0.2, 0) is 9.47 Å². The number of hydrogen-bond donors (Lipinski definition) is 6. The second kappa shape index (κ2) is 28.6. The summed E-state index contributed by atoms with van der Waals surface area (Å²) in [6.07, 6.45) is 6.03. The lowest BCUT2D eigenvalue weighted by Crippen LogP contribution is -2.30. The van der Waals surface area contributed by atoms with Gasteiger partial charge in [0.25, 0.3) is 5.91 Å². The Hall–Kier alpha value is -8.58. The molecular formula is C52H58N12O11. The molecule has 1 amide bonds. The Bertz CT molecular complexity index is 2940. The molecule has 0 radical (unpaired) electrons. The van der Waals surface area contributed by atoms with Gasteiger partial charge in [-0.2, -0.15) is 20.5 Å². The molecule has 0 unspecified atom stereocenters. The van der Waals surface area contributed by atoms with Gasteiger partial charge in [0.2, 0.25) is 11.8 Å². The first-order valence-corrected chi connectivity index (χ1v) is 23.7. The van der Waals surface area contributed by atoms with Crippen LogP contribution in [0.25, 0.3) is 22.5 Å². The first-order chi connectivity index (χ1) is 36.5. The van der Waals surface area contributed by atoms with Crippen molar-refractivity contribution in [1.82, 2.24) is 40.1 Å². The van der Waals surface area contributed by atoms with Crippen molar-refractivity contribution in [2.24, 2.45) is 0 Å². The summed E-state index contributed by atoms with van der Waals surface area (Å²) in [6.45, 7) is 3.60. The number of aliphatic hydroxyl groups is 2. The zero-order chi connectivity index (χ0) is 53.5. The fraction of sp³-hybridized carbons (Fsp3) is 0.346. The van der Waals surface area contributed by atoms with E-state index in [1.54, 1.807) is 62.6 Å². The standard InChI is InChI=1S/C26H28N6O5.C23H21N5O5.C3H9NO/c1-32(9-10-33)26(34)20-4-6-23(31-25(20)35-2)30-24-14-21(28-16-29-24)17-3-5-22(18(13-17)15-27)37-19-7-11-36-12-8-19;1-31-22-17(23(29)30)3-5-20(28-22)27-21-11-18(25-13-26-21)14-2-4-19(15(10-14)12-24)33-16-6-8-32-9-7-16;1-4-2-3-5/h3-6,13-14,16,19,33H,7-12H2,1-2H3,(H,28,29,30,31);2-5,10-11,13,16H,6-9H2,1H3,(H,29,30)(H,25,26,27,28);4-5H,2-3H2,1H3. The number of carboxylic acid groups (broad SMARTS) is 1. The normalized spacial score (nSPS) is 13.2. The van der Waals surface area contributed by atoms with Crippen LogP contribution in [0.2, 0.25) is 0 Å². The number of benzene rings is 2. The number of aliphatic hydroxyl groups excluding tert-OH is 2. The minimum absolute atomic E-state index is 0.0134. The van der Waals surface area contributed by atoms with Crippen LogP contribution in [0, 0.1) is 22.7 Å². The van der Waals surface area contributed by atoms with Crippen LogP contribution in [0.1, 0.15) is 57.5 Å². The third-order valence-electron chi connectivity index (χ3n) is 11.3. The van der Waals surface area contributed by atoms with Crippen molar-refractivity contribution in [2.45, 2.75) is 37.9 Å². The molecule has 6 heterocycles. The monoisotopic (exact) mass is 1030 g/mol. The van der Waals surface area contributed by atoms with E-state index in [1.165, 1.54) is 43.9 Å². The largest absolute Gasteiger partial charge is 0.489 e. The molecule has 0 bridgehead atoms. The first-order valence-electron chi connectivity index (χ1n) is 23.7. The summed E-state index contributed by atoms with van der Waals surface area (Å²) < 4.78 is 33.1. The molecule has 8 rings (SSSR count). The Morgan fingerprint density at radius 1 is 0.667 bits per heavy atom. The lowest BCUT2D eigenvalue weighted by molar-refractivity contribution is 0.0252. The van der Waals surface area contributed by atoms with Gasteiger partial charge in [-0.25, -0.2) is 24.7 Å². The van der Waals surface area contributed by atoms with E-state index >= 15 is 0 Å². The Balaban J connectivity index is 0.000000225. The lowest BCUT2D eigenvalue weighted by Gasteiger charge is -2.23. The highest BCUT2D eigenvalue weighted by Gasteiger charge is 2.21. The van der Waals surface area contributed by atoms with E-state index in [4.69, 9.17) is 38.6 Å². The number of carbonyl (C=O) groups excluding carboxylic acids is 1. The highest BCUT2D eigenvalue weighted by molar-refractivity contribution is 5.96. The smallest absolute Gasteiger partial charge is 0.341 e. The van der Waals surface area contributed by atoms with Gasteiger partial charge in [0.05, 0.1) is 76.4 Å². The molecule has 23 heteroatoms. The Morgan fingerprint density at radius 3 is 1.53 bits per heavy atom. The average molecular weight is 1030 g/mol. The zero-order valence-corrected chi connectivity index (χ0v) is 41.9. The van der Waals surface area contributed by atoms with Gasteiger partial charge in [0.1, 0.15) is 82.9 Å². The van der Waals surface area contributed by atoms with Crippen LogP contribution >= 0.6 is 0 Å². The predicted molar refractivity (Wildman–Crippen MR) is 273 cm³/mol. The number of carboxylic acids is 1. The van der Waals surface area contributed by atoms with E-state index < -0.39 is 5.97 Å². The summed E-state index contributed by atoms with van der Waals surface area (Å²) in [5, 5.41) is 54.5. The van der Waals surface area contributed by atoms with Crippen LogP contribution in [0.4, 0.5) is 23.3 Å². The maximum absolute atomic E-state index is 12.6. The number of carbonyl (C=O) groups is 2. The molecule has 2 aromatic carbocycles. The van der Waals surface area contributed by atoms with E-state index in [2.05, 4.69) is 58.0 Å². The summed E-state index contributed by atoms with van der Waals surface area (Å²) in [4.78, 5) is 50.8. The van der Waals surface area contributed by atoms with Gasteiger partial charge in [-0.3, -0.25) is 4.79 Å². The SMILES string of the molecule is CNCCO.COc1nc(Nc2cc(-c3ccc(OC4CCOCC4)c(C#N)c3)ncn2)ccc1C(=O)N(C)CCO.COc1nc(Nc2cc(-c3ccc(OC4CCOCC4)c(C#N)c3)ncn2)ccc1C(=O)O. The van der Waals surface area contributed by atoms with E-state index in [9.17, 15) is 25.2 Å². The van der Waals surface area contributed by atoms with Crippen LogP contribution in [0.5, 0.6) is 23.3 Å². The number of nitrogens with zero attached hydrogens (tertiary/aromatic N) is 9.